The Bertz CT molecular complexity index is 1030. The van der Waals surface area contributed by atoms with E-state index in [4.69, 9.17) is 22.6 Å². The topological polar surface area (TPSA) is 208 Å². The van der Waals surface area contributed by atoms with Gasteiger partial charge in [0.15, 0.2) is 5.96 Å². The molecule has 0 saturated carbocycles. The molecule has 1 aromatic carbocycles. The van der Waals surface area contributed by atoms with Gasteiger partial charge >= 0.3 is 0 Å². The van der Waals surface area contributed by atoms with Crippen LogP contribution in [0.3, 0.4) is 0 Å². The van der Waals surface area contributed by atoms with Crippen LogP contribution in [0.25, 0.3) is 0 Å². The lowest BCUT2D eigenvalue weighted by Gasteiger charge is -2.42. The van der Waals surface area contributed by atoms with Crippen molar-refractivity contribution in [1.29, 1.82) is 5.41 Å². The minimum atomic E-state index is -0.829. The molecule has 2 atom stereocenters. The van der Waals surface area contributed by atoms with Gasteiger partial charge in [-0.1, -0.05) is 52.4 Å². The van der Waals surface area contributed by atoms with Crippen molar-refractivity contribution in [2.45, 2.75) is 36.9 Å². The zero-order valence-corrected chi connectivity index (χ0v) is 22.6. The second kappa shape index (κ2) is 14.5. The molecule has 0 aromatic heterocycles. The molecule has 0 aliphatic carbocycles. The molecule has 208 valence electrons. The van der Waals surface area contributed by atoms with Crippen molar-refractivity contribution < 1.29 is 14.7 Å². The lowest BCUT2D eigenvalue weighted by Crippen LogP contribution is -2.57. The molecule has 1 saturated heterocycles. The summed E-state index contributed by atoms with van der Waals surface area (Å²) in [7, 11) is 3.14. The minimum absolute atomic E-state index is 0.00499. The third-order valence-electron chi connectivity index (χ3n) is 6.47. The summed E-state index contributed by atoms with van der Waals surface area (Å²) in [6, 6.07) is 8.54. The van der Waals surface area contributed by atoms with E-state index in [1.807, 2.05) is 35.2 Å². The highest BCUT2D eigenvalue weighted by Crippen LogP contribution is 2.24. The van der Waals surface area contributed by atoms with Gasteiger partial charge < -0.3 is 48.5 Å². The van der Waals surface area contributed by atoms with Crippen molar-refractivity contribution in [3.63, 3.8) is 0 Å². The first-order valence-corrected chi connectivity index (χ1v) is 12.8. The summed E-state index contributed by atoms with van der Waals surface area (Å²) in [6.45, 7) is 9.10. The number of benzene rings is 1. The molecule has 2 unspecified atom stereocenters. The first-order chi connectivity index (χ1) is 17.9. The largest absolute Gasteiger partial charge is 0.378 e. The van der Waals surface area contributed by atoms with Crippen LogP contribution in [0.5, 0.6) is 0 Å². The molecule has 2 rings (SSSR count). The van der Waals surface area contributed by atoms with E-state index in [2.05, 4.69) is 43.3 Å². The first-order valence-electron chi connectivity index (χ1n) is 12.3. The molecular formula is C25H40N9O3P. The molecule has 1 aliphatic heterocycles. The maximum absolute atomic E-state index is 12.9. The van der Waals surface area contributed by atoms with Gasteiger partial charge in [-0.2, -0.15) is 0 Å². The third kappa shape index (κ3) is 9.46. The number of likely N-dealkylation sites (tertiary alicyclic amines) is 1. The molecule has 2 amide bonds. The van der Waals surface area contributed by atoms with Crippen molar-refractivity contribution in [2.75, 3.05) is 32.7 Å². The number of nitrogens with zero attached hydrogens (tertiary/aromatic N) is 1. The predicted molar refractivity (Wildman–Crippen MR) is 152 cm³/mol. The number of guanidine groups is 1. The number of amides is 2. The zero-order chi connectivity index (χ0) is 28.3. The Kier molecular flexibility index (Phi) is 11.7. The highest BCUT2D eigenvalue weighted by molar-refractivity contribution is 7.20. The van der Waals surface area contributed by atoms with Crippen molar-refractivity contribution in [1.82, 2.24) is 26.2 Å². The molecule has 1 aromatic rings. The van der Waals surface area contributed by atoms with Crippen LogP contribution < -0.4 is 38.5 Å². The summed E-state index contributed by atoms with van der Waals surface area (Å²) in [4.78, 5) is 26.8. The number of nitrogens with two attached hydrogens (primary N) is 3. The summed E-state index contributed by atoms with van der Waals surface area (Å²) in [5.41, 5.74) is 18.4. The van der Waals surface area contributed by atoms with Crippen LogP contribution >= 0.6 is 8.86 Å². The first kappa shape index (κ1) is 30.8. The zero-order valence-electron chi connectivity index (χ0n) is 21.6. The fourth-order valence-corrected chi connectivity index (χ4v) is 4.29. The third-order valence-corrected chi connectivity index (χ3v) is 6.97. The summed E-state index contributed by atoms with van der Waals surface area (Å²) in [5, 5.41) is 28.8. The highest BCUT2D eigenvalue weighted by Gasteiger charge is 2.35. The molecule has 38 heavy (non-hydrogen) atoms. The van der Waals surface area contributed by atoms with E-state index in [9.17, 15) is 14.7 Å². The lowest BCUT2D eigenvalue weighted by molar-refractivity contribution is -0.120. The smallest absolute Gasteiger partial charge is 0.239 e. The second-order valence-electron chi connectivity index (χ2n) is 9.29. The molecule has 0 spiro atoms. The van der Waals surface area contributed by atoms with Gasteiger partial charge in [-0.3, -0.25) is 15.0 Å². The SMILES string of the molecule is C=C(NCC(=O)NC(CNC(=N)N)C(=C)N1CCC(N)(C(O)=P)CC1)C(Cc1ccccc1)NC(=O)CN. The summed E-state index contributed by atoms with van der Waals surface area (Å²) < 4.78 is 0. The summed E-state index contributed by atoms with van der Waals surface area (Å²) in [6.07, 6.45) is 1.45. The number of carbonyl (C=O) groups excluding carboxylic acids is 2. The van der Waals surface area contributed by atoms with Gasteiger partial charge in [0.2, 0.25) is 11.8 Å². The van der Waals surface area contributed by atoms with Crippen molar-refractivity contribution in [3.05, 3.63) is 60.4 Å². The Morgan fingerprint density at radius 2 is 1.71 bits per heavy atom. The van der Waals surface area contributed by atoms with Crippen LogP contribution in [-0.2, 0) is 16.0 Å². The van der Waals surface area contributed by atoms with Gasteiger partial charge in [0.25, 0.3) is 0 Å². The number of aliphatic hydroxyl groups is 1. The lowest BCUT2D eigenvalue weighted by atomic mass is 9.89. The molecule has 1 heterocycles. The number of hydrogen-bond acceptors (Lipinski definition) is 7. The summed E-state index contributed by atoms with van der Waals surface area (Å²) in [5.74, 6) is -0.914. The number of hydrogen-bond donors (Lipinski definition) is 9. The number of carbonyl (C=O) groups is 2. The average molecular weight is 546 g/mol. The predicted octanol–water partition coefficient (Wildman–Crippen LogP) is -1.30. The Balaban J connectivity index is 2.00. The standard InChI is InChI=1S/C25H40N9O3P/c1-16(19(32-21(35)13-26)12-18-6-4-3-5-7-18)30-15-22(36)33-20(14-31-24(27)28)17(2)34-10-8-25(29,9-11-34)23(37)38/h3-7,19-20,30,37-38H,1-2,8-15,26,29H2,(H,32,35)(H,33,36)(H4,27,28,31). The van der Waals surface area contributed by atoms with Crippen LogP contribution in [0.1, 0.15) is 18.4 Å². The monoisotopic (exact) mass is 545 g/mol. The fraction of sp³-hybridized carbons (Fsp3) is 0.440. The van der Waals surface area contributed by atoms with Gasteiger partial charge in [0, 0.05) is 31.0 Å². The maximum Gasteiger partial charge on any atom is 0.239 e. The Morgan fingerprint density at radius 3 is 2.26 bits per heavy atom. The van der Waals surface area contributed by atoms with Gasteiger partial charge in [-0.15, -0.1) is 0 Å². The molecule has 13 heteroatoms. The van der Waals surface area contributed by atoms with Gasteiger partial charge in [0.05, 0.1) is 36.2 Å². The molecule has 1 aliphatic rings. The molecule has 0 radical (unpaired) electrons. The second-order valence-corrected chi connectivity index (χ2v) is 9.76. The van der Waals surface area contributed by atoms with Crippen LogP contribution in [0.15, 0.2) is 54.9 Å². The average Bonchev–Trinajstić information content (AvgIpc) is 2.89. The molecular weight excluding hydrogens is 505 g/mol. The fourth-order valence-electron chi connectivity index (χ4n) is 4.04. The van der Waals surface area contributed by atoms with E-state index < -0.39 is 17.6 Å². The van der Waals surface area contributed by atoms with E-state index in [0.29, 0.717) is 43.7 Å². The van der Waals surface area contributed by atoms with Crippen molar-refractivity contribution >= 4 is 32.1 Å². The van der Waals surface area contributed by atoms with Crippen molar-refractivity contribution in [3.8, 4) is 0 Å². The number of aliphatic hydroxyl groups excluding tert-OH is 1. The van der Waals surface area contributed by atoms with Crippen molar-refractivity contribution in [2.24, 2.45) is 17.2 Å². The van der Waals surface area contributed by atoms with E-state index >= 15 is 0 Å². The van der Waals surface area contributed by atoms with E-state index in [0.717, 1.165) is 5.56 Å². The maximum atomic E-state index is 12.9. The number of piperidine rings is 1. The van der Waals surface area contributed by atoms with E-state index in [1.54, 1.807) is 0 Å². The molecule has 1 fully saturated rings. The van der Waals surface area contributed by atoms with E-state index in [1.165, 1.54) is 0 Å². The number of nitrogens with one attached hydrogen (secondary N) is 5. The van der Waals surface area contributed by atoms with Crippen LogP contribution in [0.2, 0.25) is 0 Å². The van der Waals surface area contributed by atoms with Crippen LogP contribution in [0.4, 0.5) is 0 Å². The van der Waals surface area contributed by atoms with Gasteiger partial charge in [-0.05, 0) is 24.8 Å². The summed E-state index contributed by atoms with van der Waals surface area (Å²) >= 11 is 0. The molecule has 0 bridgehead atoms. The normalized spacial score (nSPS) is 15.9. The van der Waals surface area contributed by atoms with E-state index in [-0.39, 0.29) is 42.9 Å². The Labute approximate surface area is 225 Å². The number of rotatable bonds is 14. The van der Waals surface area contributed by atoms with Crippen LogP contribution in [-0.4, -0.2) is 83.6 Å². The minimum Gasteiger partial charge on any atom is -0.378 e. The quantitative estimate of drug-likeness (QED) is 0.0772. The molecule has 12 N–H and O–H groups in total. The Hall–Kier alpha value is -3.44. The highest BCUT2D eigenvalue weighted by atomic mass is 31.0. The Morgan fingerprint density at radius 1 is 1.11 bits per heavy atom. The van der Waals surface area contributed by atoms with Gasteiger partial charge in [0.1, 0.15) is 0 Å². The van der Waals surface area contributed by atoms with Gasteiger partial charge in [-0.25, -0.2) is 0 Å². The van der Waals surface area contributed by atoms with Crippen LogP contribution in [0, 0.1) is 5.41 Å². The molecule has 12 nitrogen and oxygen atoms in total.